The SMILES string of the molecule is [C-]#[N+]c1cc(C)c(C)c(-c2c3ccc([Si](C(C)C)(C(C)C)C(C)C)cc3cc[n+]2C)c1.[C-]#[N+]c1cc(C)c(C)c(-c2c3ccc([Si](C)(C)C(C)C)cc3cc[n+]2C)c1.[C-]#[N+]c1cc(C)c(C)c(-c2c3ccc([Si](C)(C)C)cc3cc[n+]2C)c1.[C-]#[N+]c1cc(C)c(C)c(-c2c3ccc([Si](CC)(CC)CC)cc3cc[n+]2C)c1.[C-]#[N+]c1cc(C)c(C)c(-c2c3ccc([Si](CC)(CC)CC)cc3cc[n+]2C)c1. The van der Waals surface area contributed by atoms with E-state index in [4.69, 9.17) is 32.9 Å². The Labute approximate surface area is 839 Å². The molecule has 139 heavy (non-hydrogen) atoms. The number of hydrogen-bond acceptors (Lipinski definition) is 0. The van der Waals surface area contributed by atoms with Crippen LogP contribution in [0.3, 0.4) is 0 Å². The lowest BCUT2D eigenvalue weighted by Gasteiger charge is -2.43. The predicted octanol–water partition coefficient (Wildman–Crippen LogP) is 30.7. The third kappa shape index (κ3) is 21.4. The van der Waals surface area contributed by atoms with Crippen LogP contribution in [0, 0.1) is 102 Å². The average molecular weight is 1920 g/mol. The zero-order chi connectivity index (χ0) is 102. The second-order valence-corrected chi connectivity index (χ2v) is 69.0. The van der Waals surface area contributed by atoms with Gasteiger partial charge in [-0.15, -0.1) is 0 Å². The molecular weight excluding hydrogens is 1770 g/mol. The summed E-state index contributed by atoms with van der Waals surface area (Å²) in [7, 11) is 3.16. The quantitative estimate of drug-likeness (QED) is 0.0415. The molecule has 15 rings (SSSR count). The van der Waals surface area contributed by atoms with Crippen LogP contribution in [-0.2, 0) is 35.2 Å². The van der Waals surface area contributed by atoms with Gasteiger partial charge in [-0.25, -0.2) is 47.1 Å². The molecule has 0 aliphatic heterocycles. The molecule has 0 N–H and O–H groups in total. The molecule has 0 unspecified atom stereocenters. The first kappa shape index (κ1) is 107. The Morgan fingerprint density at radius 3 is 0.640 bits per heavy atom. The maximum Gasteiger partial charge on any atom is 0.219 e. The molecule has 0 atom stereocenters. The highest BCUT2D eigenvalue weighted by Gasteiger charge is 2.45. The second kappa shape index (κ2) is 44.1. The topological polar surface area (TPSA) is 41.2 Å². The fourth-order valence-electron chi connectivity index (χ4n) is 22.1. The molecule has 714 valence electrons. The Hall–Kier alpha value is -12.2. The van der Waals surface area contributed by atoms with Gasteiger partial charge < -0.3 is 0 Å². The monoisotopic (exact) mass is 1920 g/mol. The summed E-state index contributed by atoms with van der Waals surface area (Å²) in [5.41, 5.74) is 30.1. The standard InChI is InChI=1S/C28H37N2Si.2C25H31N2Si.C24H29N2Si.C22H25N2Si/c1-18(2)31(19(3)4,20(5)6)25-11-12-26-23(16-25)13-14-30(10)28(26)27-17-24(29-9)15-21(7)22(27)8;2*1-8-28(9-2,10-3)22-11-12-23-20(16-22)13-14-27(7)25(23)24-17-21(26-6)15-18(4)19(24)5;1-16(2)27(7,8)21-9-10-22-19(14-21)11-12-26(6)24(22)23-15-20(25-5)13-17(3)18(23)4;1-15-12-18(23-3)14-21(16(15)2)22-20-9-8-19(25(5,6)7)13-17(20)10-11-24(22)4/h11-20H,1-8,10H3;2*11-17H,8-10H2,1-5,7H3;9-16H,1-4,6-8H3;8-14H,1-2,4-7H3/q5*+1. The lowest BCUT2D eigenvalue weighted by Crippen LogP contribution is -2.55. The van der Waals surface area contributed by atoms with Crippen LogP contribution in [-0.4, -0.2) is 40.4 Å². The van der Waals surface area contributed by atoms with Crippen LogP contribution in [0.4, 0.5) is 28.4 Å². The van der Waals surface area contributed by atoms with E-state index in [9.17, 15) is 0 Å². The third-order valence-corrected chi connectivity index (χ3v) is 57.5. The number of aryl methyl sites for hydroxylation is 10. The second-order valence-electron chi connectivity index (χ2n) is 42.3. The Morgan fingerprint density at radius 1 is 0.245 bits per heavy atom. The fourth-order valence-corrected chi connectivity index (χ4v) is 39.1. The van der Waals surface area contributed by atoms with Crippen molar-refractivity contribution in [2.24, 2.45) is 35.2 Å². The highest BCUT2D eigenvalue weighted by atomic mass is 28.3. The first-order valence-electron chi connectivity index (χ1n) is 50.3. The van der Waals surface area contributed by atoms with Crippen LogP contribution in [0.25, 0.3) is 134 Å². The van der Waals surface area contributed by atoms with Crippen molar-refractivity contribution >= 4 is 149 Å². The van der Waals surface area contributed by atoms with Gasteiger partial charge in [-0.1, -0.05) is 311 Å². The molecule has 0 bridgehead atoms. The van der Waals surface area contributed by atoms with Crippen LogP contribution < -0.4 is 48.8 Å². The molecule has 10 aromatic carbocycles. The maximum atomic E-state index is 7.53. The summed E-state index contributed by atoms with van der Waals surface area (Å²) in [6.45, 7) is 104. The van der Waals surface area contributed by atoms with E-state index in [1.807, 2.05) is 60.7 Å². The molecule has 0 aliphatic carbocycles. The molecule has 0 saturated carbocycles. The smallest absolute Gasteiger partial charge is 0.219 e. The average Bonchev–Trinajstić information content (AvgIpc) is 0.744. The summed E-state index contributed by atoms with van der Waals surface area (Å²) in [6, 6.07) is 74.5. The number of pyridine rings is 5. The predicted molar refractivity (Wildman–Crippen MR) is 611 cm³/mol. The highest BCUT2D eigenvalue weighted by Crippen LogP contribution is 2.45. The van der Waals surface area contributed by atoms with Gasteiger partial charge in [0, 0.05) is 58.1 Å². The first-order valence-corrected chi connectivity index (χ1v) is 64.4. The molecular formula is C124H153N10Si5+5. The Balaban J connectivity index is 0.000000167. The number of fused-ring (bicyclic) bond motifs is 5. The lowest BCUT2D eigenvalue weighted by atomic mass is 9.96. The maximum absolute atomic E-state index is 7.53. The highest BCUT2D eigenvalue weighted by molar-refractivity contribution is 6.95. The van der Waals surface area contributed by atoms with E-state index in [-0.39, 0.29) is 0 Å². The minimum atomic E-state index is -1.71. The minimum absolute atomic E-state index is 0.685. The number of benzene rings is 10. The summed E-state index contributed by atoms with van der Waals surface area (Å²) in [5, 5.41) is 20.5. The van der Waals surface area contributed by atoms with E-state index in [1.165, 1.54) is 185 Å². The van der Waals surface area contributed by atoms with Crippen molar-refractivity contribution in [1.82, 2.24) is 0 Å². The number of hydrogen-bond donors (Lipinski definition) is 0. The molecule has 0 aliphatic rings. The van der Waals surface area contributed by atoms with Gasteiger partial charge in [-0.05, 0) is 207 Å². The van der Waals surface area contributed by atoms with Crippen LogP contribution in [0.1, 0.15) is 153 Å². The van der Waals surface area contributed by atoms with Crippen LogP contribution in [0.5, 0.6) is 0 Å². The van der Waals surface area contributed by atoms with Crippen LogP contribution in [0.2, 0.25) is 91.2 Å². The number of rotatable bonds is 20. The fraction of sp³-hybridized carbons (Fsp3) is 0.355. The molecule has 0 amide bonds. The van der Waals surface area contributed by atoms with Crippen LogP contribution >= 0.6 is 0 Å². The van der Waals surface area contributed by atoms with Gasteiger partial charge in [0.2, 0.25) is 28.5 Å². The molecule has 0 spiro atoms. The molecule has 0 radical (unpaired) electrons. The Bertz CT molecular complexity index is 7230. The summed E-state index contributed by atoms with van der Waals surface area (Å²) >= 11 is 0. The molecule has 15 aromatic rings. The molecule has 5 aromatic heterocycles. The summed E-state index contributed by atoms with van der Waals surface area (Å²) < 4.78 is 11.0. The van der Waals surface area contributed by atoms with Gasteiger partial charge in [0.1, 0.15) is 35.2 Å². The van der Waals surface area contributed by atoms with E-state index >= 15 is 0 Å². The number of nitrogens with zero attached hydrogens (tertiary/aromatic N) is 10. The van der Waals surface area contributed by atoms with Gasteiger partial charge in [-0.2, -0.15) is 0 Å². The van der Waals surface area contributed by atoms with E-state index < -0.39 is 40.4 Å². The minimum Gasteiger partial charge on any atom is -0.238 e. The normalized spacial score (nSPS) is 11.8. The molecule has 15 heteroatoms. The molecule has 0 fully saturated rings. The zero-order valence-corrected chi connectivity index (χ0v) is 95.2. The lowest BCUT2D eigenvalue weighted by molar-refractivity contribution is -0.659. The van der Waals surface area contributed by atoms with Crippen molar-refractivity contribution in [3.05, 3.63) is 326 Å². The van der Waals surface area contributed by atoms with Gasteiger partial charge in [0.05, 0.1) is 100 Å². The molecule has 0 saturated heterocycles. The summed E-state index contributed by atoms with van der Waals surface area (Å²) in [6.07, 6.45) is 10.8. The molecule has 5 heterocycles. The van der Waals surface area contributed by atoms with Gasteiger partial charge in [0.25, 0.3) is 0 Å². The first-order chi connectivity index (χ1) is 65.7. The van der Waals surface area contributed by atoms with E-state index in [0.717, 1.165) is 27.8 Å². The van der Waals surface area contributed by atoms with E-state index in [0.29, 0.717) is 50.6 Å². The van der Waals surface area contributed by atoms with Crippen molar-refractivity contribution in [3.63, 3.8) is 0 Å². The van der Waals surface area contributed by atoms with Crippen molar-refractivity contribution in [1.29, 1.82) is 0 Å². The largest absolute Gasteiger partial charge is 0.238 e. The van der Waals surface area contributed by atoms with E-state index in [2.05, 4.69) is 434 Å². The third-order valence-electron chi connectivity index (χ3n) is 32.6. The Kier molecular flexibility index (Phi) is 34.0. The number of aromatic nitrogens is 5. The zero-order valence-electron chi connectivity index (χ0n) is 90.2. The summed E-state index contributed by atoms with van der Waals surface area (Å²) in [4.78, 5) is 18.4. The summed E-state index contributed by atoms with van der Waals surface area (Å²) in [5.74, 6) is 0. The van der Waals surface area contributed by atoms with Crippen molar-refractivity contribution in [3.8, 4) is 56.3 Å². The molecule has 10 nitrogen and oxygen atoms in total. The van der Waals surface area contributed by atoms with E-state index in [1.54, 1.807) is 15.6 Å². The Morgan fingerprint density at radius 2 is 0.439 bits per heavy atom. The van der Waals surface area contributed by atoms with Crippen molar-refractivity contribution in [2.45, 2.75) is 257 Å². The van der Waals surface area contributed by atoms with Gasteiger partial charge in [0.15, 0.2) is 59.4 Å². The van der Waals surface area contributed by atoms with Gasteiger partial charge in [-0.3, -0.25) is 0 Å². The van der Waals surface area contributed by atoms with Crippen molar-refractivity contribution < 1.29 is 22.8 Å². The van der Waals surface area contributed by atoms with Crippen LogP contribution in [0.15, 0.2) is 213 Å². The van der Waals surface area contributed by atoms with Gasteiger partial charge >= 0.3 is 0 Å². The van der Waals surface area contributed by atoms with Crippen molar-refractivity contribution in [2.75, 3.05) is 0 Å².